The van der Waals surface area contributed by atoms with E-state index in [-0.39, 0.29) is 0 Å². The number of thiocarbonyl (C=S) groups is 1. The minimum atomic E-state index is 0.589. The lowest BCUT2D eigenvalue weighted by molar-refractivity contribution is 0.938. The highest BCUT2D eigenvalue weighted by Crippen LogP contribution is 2.18. The monoisotopic (exact) mass is 262 g/mol. The van der Waals surface area contributed by atoms with Crippen LogP contribution in [-0.4, -0.2) is 29.7 Å². The van der Waals surface area contributed by atoms with Gasteiger partial charge >= 0.3 is 0 Å². The van der Waals surface area contributed by atoms with Crippen LogP contribution >= 0.6 is 12.2 Å². The Labute approximate surface area is 113 Å². The lowest BCUT2D eigenvalue weighted by Gasteiger charge is -2.16. The van der Waals surface area contributed by atoms with E-state index in [0.717, 1.165) is 24.6 Å². The maximum Gasteiger partial charge on any atom is 0.171 e. The number of pyridine rings is 1. The number of nitrogens with zero attached hydrogens (tertiary/aromatic N) is 2. The maximum absolute atomic E-state index is 5.13. The van der Waals surface area contributed by atoms with Crippen LogP contribution in [0.1, 0.15) is 12.8 Å². The van der Waals surface area contributed by atoms with Crippen molar-refractivity contribution in [3.63, 3.8) is 0 Å². The molecule has 1 aliphatic heterocycles. The van der Waals surface area contributed by atoms with Crippen molar-refractivity contribution in [2.45, 2.75) is 12.8 Å². The molecule has 0 spiro atoms. The molecule has 1 fully saturated rings. The van der Waals surface area contributed by atoms with Crippen LogP contribution in [0.5, 0.6) is 0 Å². The zero-order chi connectivity index (χ0) is 12.8. The molecule has 18 heavy (non-hydrogen) atoms. The first-order valence-electron chi connectivity index (χ1n) is 6.16. The van der Waals surface area contributed by atoms with Crippen molar-refractivity contribution in [3.8, 4) is 0 Å². The molecule has 96 valence electrons. The zero-order valence-electron chi connectivity index (χ0n) is 10.4. The predicted molar refractivity (Wildman–Crippen MR) is 80.1 cm³/mol. The third-order valence-electron chi connectivity index (χ3n) is 2.84. The molecule has 1 aromatic rings. The summed E-state index contributed by atoms with van der Waals surface area (Å²) in [5.74, 6) is 1.04. The standard InChI is InChI=1S/C13H18N4S/c1-2-7-14-13(18)16-11-5-6-12(15-10-11)17-8-3-4-9-17/h2,5-6,10H,1,3-4,7-9H2,(H2,14,16,18). The minimum Gasteiger partial charge on any atom is -0.359 e. The number of anilines is 2. The first kappa shape index (κ1) is 12.8. The van der Waals surface area contributed by atoms with Crippen molar-refractivity contribution in [2.75, 3.05) is 29.9 Å². The van der Waals surface area contributed by atoms with E-state index in [2.05, 4.69) is 27.1 Å². The molecule has 0 aromatic carbocycles. The molecular weight excluding hydrogens is 244 g/mol. The van der Waals surface area contributed by atoms with Crippen molar-refractivity contribution in [1.29, 1.82) is 0 Å². The zero-order valence-corrected chi connectivity index (χ0v) is 11.2. The van der Waals surface area contributed by atoms with Gasteiger partial charge in [-0.2, -0.15) is 0 Å². The first-order chi connectivity index (χ1) is 8.79. The Kier molecular flexibility index (Phi) is 4.52. The van der Waals surface area contributed by atoms with Gasteiger partial charge in [-0.05, 0) is 37.2 Å². The summed E-state index contributed by atoms with van der Waals surface area (Å²) in [6.45, 7) is 6.51. The predicted octanol–water partition coefficient (Wildman–Crippen LogP) is 2.15. The van der Waals surface area contributed by atoms with E-state index in [1.165, 1.54) is 12.8 Å². The molecule has 0 saturated carbocycles. The molecular formula is C13H18N4S. The Morgan fingerprint density at radius 2 is 2.22 bits per heavy atom. The lowest BCUT2D eigenvalue weighted by Crippen LogP contribution is -2.28. The van der Waals surface area contributed by atoms with Gasteiger partial charge in [0.15, 0.2) is 5.11 Å². The maximum atomic E-state index is 5.13. The summed E-state index contributed by atoms with van der Waals surface area (Å²) in [5.41, 5.74) is 0.902. The summed E-state index contributed by atoms with van der Waals surface area (Å²) in [4.78, 5) is 6.75. The van der Waals surface area contributed by atoms with Gasteiger partial charge in [-0.1, -0.05) is 6.08 Å². The van der Waals surface area contributed by atoms with Crippen molar-refractivity contribution in [3.05, 3.63) is 31.0 Å². The highest BCUT2D eigenvalue weighted by atomic mass is 32.1. The summed E-state index contributed by atoms with van der Waals surface area (Å²) >= 11 is 5.13. The molecule has 1 aliphatic rings. The van der Waals surface area contributed by atoms with E-state index in [1.807, 2.05) is 18.3 Å². The Morgan fingerprint density at radius 1 is 1.44 bits per heavy atom. The molecule has 0 radical (unpaired) electrons. The summed E-state index contributed by atoms with van der Waals surface area (Å²) < 4.78 is 0. The van der Waals surface area contributed by atoms with Crippen LogP contribution in [0.4, 0.5) is 11.5 Å². The summed E-state index contributed by atoms with van der Waals surface area (Å²) in [6.07, 6.45) is 6.10. The van der Waals surface area contributed by atoms with Crippen LogP contribution in [0.2, 0.25) is 0 Å². The third-order valence-corrected chi connectivity index (χ3v) is 3.09. The second-order valence-electron chi connectivity index (χ2n) is 4.22. The molecule has 0 unspecified atom stereocenters. The fourth-order valence-electron chi connectivity index (χ4n) is 1.93. The van der Waals surface area contributed by atoms with E-state index in [9.17, 15) is 0 Å². The normalized spacial score (nSPS) is 14.3. The molecule has 0 aliphatic carbocycles. The molecule has 2 N–H and O–H groups in total. The van der Waals surface area contributed by atoms with E-state index >= 15 is 0 Å². The number of rotatable bonds is 4. The van der Waals surface area contributed by atoms with Gasteiger partial charge < -0.3 is 15.5 Å². The third kappa shape index (κ3) is 3.43. The Balaban J connectivity index is 1.90. The van der Waals surface area contributed by atoms with Crippen LogP contribution in [0.25, 0.3) is 0 Å². The fourth-order valence-corrected chi connectivity index (χ4v) is 2.13. The Hall–Kier alpha value is -1.62. The van der Waals surface area contributed by atoms with Gasteiger partial charge in [0.05, 0.1) is 11.9 Å². The first-order valence-corrected chi connectivity index (χ1v) is 6.57. The van der Waals surface area contributed by atoms with Gasteiger partial charge in [-0.15, -0.1) is 6.58 Å². The van der Waals surface area contributed by atoms with E-state index in [1.54, 1.807) is 6.08 Å². The molecule has 0 bridgehead atoms. The minimum absolute atomic E-state index is 0.589. The lowest BCUT2D eigenvalue weighted by atomic mass is 10.4. The second kappa shape index (κ2) is 6.35. The Morgan fingerprint density at radius 3 is 2.83 bits per heavy atom. The average Bonchev–Trinajstić information content (AvgIpc) is 2.91. The van der Waals surface area contributed by atoms with Gasteiger partial charge in [-0.25, -0.2) is 4.98 Å². The molecule has 4 nitrogen and oxygen atoms in total. The van der Waals surface area contributed by atoms with E-state index in [0.29, 0.717) is 11.7 Å². The molecule has 1 aromatic heterocycles. The molecule has 5 heteroatoms. The SMILES string of the molecule is C=CCNC(=S)Nc1ccc(N2CCCC2)nc1. The van der Waals surface area contributed by atoms with E-state index < -0.39 is 0 Å². The number of nitrogens with one attached hydrogen (secondary N) is 2. The van der Waals surface area contributed by atoms with Gasteiger partial charge in [0, 0.05) is 19.6 Å². The molecule has 2 rings (SSSR count). The summed E-state index contributed by atoms with van der Waals surface area (Å²) in [5, 5.41) is 6.69. The van der Waals surface area contributed by atoms with Crippen LogP contribution < -0.4 is 15.5 Å². The topological polar surface area (TPSA) is 40.2 Å². The van der Waals surface area contributed by atoms with Crippen LogP contribution in [0, 0.1) is 0 Å². The number of aromatic nitrogens is 1. The van der Waals surface area contributed by atoms with Gasteiger partial charge in [0.25, 0.3) is 0 Å². The Bertz CT molecular complexity index is 410. The number of hydrogen-bond donors (Lipinski definition) is 2. The number of hydrogen-bond acceptors (Lipinski definition) is 3. The van der Waals surface area contributed by atoms with E-state index in [4.69, 9.17) is 12.2 Å². The quantitative estimate of drug-likeness (QED) is 0.643. The second-order valence-corrected chi connectivity index (χ2v) is 4.63. The van der Waals surface area contributed by atoms with Crippen LogP contribution in [-0.2, 0) is 0 Å². The smallest absolute Gasteiger partial charge is 0.171 e. The van der Waals surface area contributed by atoms with Crippen molar-refractivity contribution in [1.82, 2.24) is 10.3 Å². The molecule has 1 saturated heterocycles. The highest BCUT2D eigenvalue weighted by molar-refractivity contribution is 7.80. The van der Waals surface area contributed by atoms with Crippen molar-refractivity contribution in [2.24, 2.45) is 0 Å². The van der Waals surface area contributed by atoms with Crippen molar-refractivity contribution < 1.29 is 0 Å². The van der Waals surface area contributed by atoms with Crippen molar-refractivity contribution >= 4 is 28.8 Å². The molecule has 0 atom stereocenters. The van der Waals surface area contributed by atoms with Crippen LogP contribution in [0.3, 0.4) is 0 Å². The summed E-state index contributed by atoms with van der Waals surface area (Å²) in [7, 11) is 0. The van der Waals surface area contributed by atoms with Gasteiger partial charge in [0.1, 0.15) is 5.82 Å². The van der Waals surface area contributed by atoms with Gasteiger partial charge in [-0.3, -0.25) is 0 Å². The summed E-state index contributed by atoms with van der Waals surface area (Å²) in [6, 6.07) is 4.03. The average molecular weight is 262 g/mol. The molecule has 2 heterocycles. The fraction of sp³-hybridized carbons (Fsp3) is 0.385. The van der Waals surface area contributed by atoms with Gasteiger partial charge in [0.2, 0.25) is 0 Å². The molecule has 0 amide bonds. The van der Waals surface area contributed by atoms with Crippen LogP contribution in [0.15, 0.2) is 31.0 Å². The highest BCUT2D eigenvalue weighted by Gasteiger charge is 2.12. The largest absolute Gasteiger partial charge is 0.359 e.